The van der Waals surface area contributed by atoms with Crippen LogP contribution in [0.15, 0.2) is 60.0 Å². The molecule has 2 heterocycles. The second-order valence-electron chi connectivity index (χ2n) is 5.00. The quantitative estimate of drug-likeness (QED) is 0.803. The van der Waals surface area contributed by atoms with E-state index in [9.17, 15) is 8.42 Å². The van der Waals surface area contributed by atoms with E-state index in [4.69, 9.17) is 0 Å². The zero-order chi connectivity index (χ0) is 15.6. The van der Waals surface area contributed by atoms with Gasteiger partial charge in [0, 0.05) is 23.7 Å². The molecule has 0 bridgehead atoms. The number of rotatable bonds is 4. The molecule has 0 atom stereocenters. The van der Waals surface area contributed by atoms with Crippen molar-refractivity contribution in [1.82, 2.24) is 15.0 Å². The van der Waals surface area contributed by atoms with E-state index in [0.717, 1.165) is 11.3 Å². The van der Waals surface area contributed by atoms with Crippen molar-refractivity contribution >= 4 is 9.84 Å². The summed E-state index contributed by atoms with van der Waals surface area (Å²) >= 11 is 0. The van der Waals surface area contributed by atoms with Crippen LogP contribution < -0.4 is 0 Å². The van der Waals surface area contributed by atoms with Gasteiger partial charge in [-0.15, -0.1) is 0 Å². The Kier molecular flexibility index (Phi) is 3.77. The smallest absolute Gasteiger partial charge is 0.226 e. The fourth-order valence-corrected chi connectivity index (χ4v) is 3.53. The van der Waals surface area contributed by atoms with Crippen LogP contribution in [0.1, 0.15) is 11.3 Å². The van der Waals surface area contributed by atoms with Crippen LogP contribution in [0.5, 0.6) is 0 Å². The average Bonchev–Trinajstić information content (AvgIpc) is 2.92. The molecule has 0 aliphatic carbocycles. The maximum absolute atomic E-state index is 12.5. The molecule has 0 aliphatic heterocycles. The predicted molar refractivity (Wildman–Crippen MR) is 83.9 cm³/mol. The van der Waals surface area contributed by atoms with Crippen LogP contribution in [0.2, 0.25) is 0 Å². The van der Waals surface area contributed by atoms with Gasteiger partial charge >= 0.3 is 0 Å². The Morgan fingerprint density at radius 2 is 1.73 bits per heavy atom. The minimum absolute atomic E-state index is 0.000616. The maximum atomic E-state index is 12.5. The highest BCUT2D eigenvalue weighted by Crippen LogP contribution is 2.23. The first-order valence-electron chi connectivity index (χ1n) is 6.80. The van der Waals surface area contributed by atoms with Crippen LogP contribution in [0, 0.1) is 6.92 Å². The van der Waals surface area contributed by atoms with Crippen LogP contribution in [0.25, 0.3) is 11.3 Å². The van der Waals surface area contributed by atoms with Gasteiger partial charge in [0.1, 0.15) is 0 Å². The highest BCUT2D eigenvalue weighted by atomic mass is 32.2. The van der Waals surface area contributed by atoms with Crippen LogP contribution >= 0.6 is 0 Å². The van der Waals surface area contributed by atoms with Crippen molar-refractivity contribution in [3.8, 4) is 11.3 Å². The third-order valence-electron chi connectivity index (χ3n) is 3.31. The van der Waals surface area contributed by atoms with Gasteiger partial charge in [0.15, 0.2) is 0 Å². The molecule has 22 heavy (non-hydrogen) atoms. The molecule has 3 rings (SSSR count). The lowest BCUT2D eigenvalue weighted by Crippen LogP contribution is -2.07. The number of aromatic amines is 1. The number of benzene rings is 1. The first-order valence-corrected chi connectivity index (χ1v) is 8.45. The van der Waals surface area contributed by atoms with E-state index in [-0.39, 0.29) is 10.9 Å². The van der Waals surface area contributed by atoms with Gasteiger partial charge in [0.05, 0.1) is 11.4 Å². The summed E-state index contributed by atoms with van der Waals surface area (Å²) in [6.45, 7) is 1.82. The lowest BCUT2D eigenvalue weighted by Gasteiger charge is -2.00. The summed E-state index contributed by atoms with van der Waals surface area (Å²) in [5.74, 6) is -0.100. The van der Waals surface area contributed by atoms with Gasteiger partial charge in [-0.05, 0) is 24.6 Å². The summed E-state index contributed by atoms with van der Waals surface area (Å²) in [5.41, 5.74) is 2.97. The van der Waals surface area contributed by atoms with E-state index in [1.54, 1.807) is 24.5 Å². The minimum atomic E-state index is -3.52. The summed E-state index contributed by atoms with van der Waals surface area (Å²) in [7, 11) is -3.52. The van der Waals surface area contributed by atoms with Gasteiger partial charge in [-0.25, -0.2) is 13.4 Å². The molecule has 1 N–H and O–H groups in total. The van der Waals surface area contributed by atoms with Crippen LogP contribution in [0.4, 0.5) is 0 Å². The monoisotopic (exact) mass is 313 g/mol. The zero-order valence-corrected chi connectivity index (χ0v) is 12.8. The molecule has 0 aliphatic rings. The Labute approximate surface area is 129 Å². The molecular weight excluding hydrogens is 298 g/mol. The molecular formula is C16H15N3O2S. The number of nitrogens with zero attached hydrogens (tertiary/aromatic N) is 2. The molecule has 0 saturated carbocycles. The van der Waals surface area contributed by atoms with E-state index >= 15 is 0 Å². The number of aryl methyl sites for hydroxylation is 1. The topological polar surface area (TPSA) is 75.7 Å². The number of imidazole rings is 1. The van der Waals surface area contributed by atoms with Crippen molar-refractivity contribution in [3.63, 3.8) is 0 Å². The molecule has 5 nitrogen and oxygen atoms in total. The van der Waals surface area contributed by atoms with E-state index in [0.29, 0.717) is 11.3 Å². The van der Waals surface area contributed by atoms with Gasteiger partial charge in [-0.3, -0.25) is 4.98 Å². The van der Waals surface area contributed by atoms with Crippen molar-refractivity contribution in [2.24, 2.45) is 0 Å². The standard InChI is InChI=1S/C16H15N3O2S/c1-12-15(14-5-3-2-4-6-14)19-16(18-12)22(20,21)11-13-7-9-17-10-8-13/h2-10H,11H2,1H3,(H,18,19). The number of hydrogen-bond donors (Lipinski definition) is 1. The molecule has 2 aromatic heterocycles. The minimum Gasteiger partial charge on any atom is -0.332 e. The number of H-pyrrole nitrogens is 1. The van der Waals surface area contributed by atoms with Crippen molar-refractivity contribution in [3.05, 3.63) is 66.1 Å². The van der Waals surface area contributed by atoms with Gasteiger partial charge in [0.25, 0.3) is 0 Å². The lowest BCUT2D eigenvalue weighted by atomic mass is 10.1. The predicted octanol–water partition coefficient (Wildman–Crippen LogP) is 2.75. The van der Waals surface area contributed by atoms with Crippen molar-refractivity contribution in [2.45, 2.75) is 17.8 Å². The molecule has 0 amide bonds. The van der Waals surface area contributed by atoms with E-state index in [2.05, 4.69) is 15.0 Å². The molecule has 0 unspecified atom stereocenters. The molecule has 3 aromatic rings. The molecule has 0 radical (unpaired) electrons. The normalized spacial score (nSPS) is 11.5. The summed E-state index contributed by atoms with van der Waals surface area (Å²) < 4.78 is 25.0. The summed E-state index contributed by atoms with van der Waals surface area (Å²) in [4.78, 5) is 11.1. The van der Waals surface area contributed by atoms with E-state index in [1.165, 1.54) is 0 Å². The fourth-order valence-electron chi connectivity index (χ4n) is 2.22. The third kappa shape index (κ3) is 2.92. The Balaban J connectivity index is 1.96. The highest BCUT2D eigenvalue weighted by Gasteiger charge is 2.21. The Morgan fingerprint density at radius 3 is 2.41 bits per heavy atom. The molecule has 0 spiro atoms. The number of hydrogen-bond acceptors (Lipinski definition) is 4. The number of aromatic nitrogens is 3. The van der Waals surface area contributed by atoms with Crippen molar-refractivity contribution in [2.75, 3.05) is 0 Å². The molecule has 1 aromatic carbocycles. The van der Waals surface area contributed by atoms with Gasteiger partial charge in [0.2, 0.25) is 15.0 Å². The van der Waals surface area contributed by atoms with Crippen molar-refractivity contribution < 1.29 is 8.42 Å². The Hall–Kier alpha value is -2.47. The second-order valence-corrected chi connectivity index (χ2v) is 6.90. The third-order valence-corrected chi connectivity index (χ3v) is 4.81. The fraction of sp³-hybridized carbons (Fsp3) is 0.125. The average molecular weight is 313 g/mol. The first kappa shape index (κ1) is 14.5. The van der Waals surface area contributed by atoms with Crippen LogP contribution in [0.3, 0.4) is 0 Å². The summed E-state index contributed by atoms with van der Waals surface area (Å²) in [6.07, 6.45) is 3.15. The van der Waals surface area contributed by atoms with Gasteiger partial charge < -0.3 is 4.98 Å². The van der Waals surface area contributed by atoms with E-state index < -0.39 is 9.84 Å². The molecule has 6 heteroatoms. The number of nitrogens with one attached hydrogen (secondary N) is 1. The highest BCUT2D eigenvalue weighted by molar-refractivity contribution is 7.90. The van der Waals surface area contributed by atoms with Gasteiger partial charge in [-0.1, -0.05) is 30.3 Å². The van der Waals surface area contributed by atoms with Crippen molar-refractivity contribution in [1.29, 1.82) is 0 Å². The number of pyridine rings is 1. The van der Waals surface area contributed by atoms with Gasteiger partial charge in [-0.2, -0.15) is 0 Å². The Morgan fingerprint density at radius 1 is 1.05 bits per heavy atom. The second kappa shape index (κ2) is 5.73. The molecule has 112 valence electrons. The van der Waals surface area contributed by atoms with Crippen LogP contribution in [-0.4, -0.2) is 23.4 Å². The largest absolute Gasteiger partial charge is 0.332 e. The summed E-state index contributed by atoms with van der Waals surface area (Å²) in [6, 6.07) is 12.9. The maximum Gasteiger partial charge on any atom is 0.226 e. The van der Waals surface area contributed by atoms with E-state index in [1.807, 2.05) is 37.3 Å². The molecule has 0 fully saturated rings. The zero-order valence-electron chi connectivity index (χ0n) is 12.0. The molecule has 0 saturated heterocycles. The summed E-state index contributed by atoms with van der Waals surface area (Å²) in [5, 5.41) is 0.000616. The number of sulfone groups is 1. The lowest BCUT2D eigenvalue weighted by molar-refractivity contribution is 0.588. The first-order chi connectivity index (χ1) is 10.6. The SMILES string of the molecule is Cc1[nH]c(S(=O)(=O)Cc2ccncc2)nc1-c1ccccc1. The van der Waals surface area contributed by atoms with Crippen LogP contribution in [-0.2, 0) is 15.6 Å². The Bertz CT molecular complexity index is 872.